The van der Waals surface area contributed by atoms with E-state index in [1.54, 1.807) is 31.2 Å². The Bertz CT molecular complexity index is 951. The zero-order valence-electron chi connectivity index (χ0n) is 17.7. The van der Waals surface area contributed by atoms with Crippen LogP contribution in [0.15, 0.2) is 24.3 Å². The van der Waals surface area contributed by atoms with E-state index >= 15 is 0 Å². The number of nitrogens with two attached hydrogens (primary N) is 2. The largest absolute Gasteiger partial charge is 0.492 e. The SMILES string of the molecule is CCOc1ccccc1N(C(=O)c1snc(C(N)=O)c1N)C(C)C(=O)NC(C)(C)C. The first-order valence-corrected chi connectivity index (χ1v) is 10.2. The highest BCUT2D eigenvalue weighted by molar-refractivity contribution is 7.09. The van der Waals surface area contributed by atoms with Gasteiger partial charge in [-0.3, -0.25) is 19.3 Å². The molecule has 0 bridgehead atoms. The number of anilines is 2. The second-order valence-electron chi connectivity index (χ2n) is 7.63. The second kappa shape index (κ2) is 9.12. The van der Waals surface area contributed by atoms with Gasteiger partial charge in [0.25, 0.3) is 11.8 Å². The van der Waals surface area contributed by atoms with E-state index < -0.39 is 23.4 Å². The highest BCUT2D eigenvalue weighted by atomic mass is 32.1. The fraction of sp³-hybridized carbons (Fsp3) is 0.400. The number of ether oxygens (including phenoxy) is 1. The van der Waals surface area contributed by atoms with Gasteiger partial charge in [-0.05, 0) is 58.3 Å². The minimum absolute atomic E-state index is 0.0190. The highest BCUT2D eigenvalue weighted by Gasteiger charge is 2.34. The monoisotopic (exact) mass is 433 g/mol. The number of benzene rings is 1. The molecule has 30 heavy (non-hydrogen) atoms. The summed E-state index contributed by atoms with van der Waals surface area (Å²) in [6.45, 7) is 9.33. The maximum absolute atomic E-state index is 13.5. The Morgan fingerprint density at radius 3 is 2.43 bits per heavy atom. The van der Waals surface area contributed by atoms with Gasteiger partial charge in [0.2, 0.25) is 5.91 Å². The van der Waals surface area contributed by atoms with Gasteiger partial charge in [-0.25, -0.2) is 0 Å². The van der Waals surface area contributed by atoms with Gasteiger partial charge in [0.15, 0.2) is 5.69 Å². The summed E-state index contributed by atoms with van der Waals surface area (Å²) < 4.78 is 9.56. The number of aromatic nitrogens is 1. The number of hydrogen-bond acceptors (Lipinski definition) is 7. The number of nitrogen functional groups attached to an aromatic ring is 1. The van der Waals surface area contributed by atoms with Crippen LogP contribution in [0.1, 0.15) is 54.8 Å². The lowest BCUT2D eigenvalue weighted by Gasteiger charge is -2.32. The first-order valence-electron chi connectivity index (χ1n) is 9.40. The van der Waals surface area contributed by atoms with Crippen LogP contribution in [0.4, 0.5) is 11.4 Å². The van der Waals surface area contributed by atoms with Gasteiger partial charge in [-0.15, -0.1) is 0 Å². The molecule has 0 spiro atoms. The summed E-state index contributed by atoms with van der Waals surface area (Å²) in [4.78, 5) is 39.2. The number of carbonyl (C=O) groups is 3. The maximum atomic E-state index is 13.5. The number of hydrogen-bond donors (Lipinski definition) is 3. The fourth-order valence-corrected chi connectivity index (χ4v) is 3.50. The lowest BCUT2D eigenvalue weighted by molar-refractivity contribution is -0.123. The van der Waals surface area contributed by atoms with Crippen molar-refractivity contribution in [2.75, 3.05) is 17.2 Å². The molecule has 162 valence electrons. The van der Waals surface area contributed by atoms with Crippen molar-refractivity contribution in [1.29, 1.82) is 0 Å². The molecule has 5 N–H and O–H groups in total. The Morgan fingerprint density at radius 2 is 1.90 bits per heavy atom. The summed E-state index contributed by atoms with van der Waals surface area (Å²) in [5.41, 5.74) is 10.9. The van der Waals surface area contributed by atoms with Crippen molar-refractivity contribution in [1.82, 2.24) is 9.69 Å². The van der Waals surface area contributed by atoms with Crippen LogP contribution in [0.25, 0.3) is 0 Å². The third-order valence-corrected chi connectivity index (χ3v) is 4.91. The zero-order valence-corrected chi connectivity index (χ0v) is 18.5. The number of para-hydroxylation sites is 2. The van der Waals surface area contributed by atoms with E-state index in [1.807, 2.05) is 27.7 Å². The summed E-state index contributed by atoms with van der Waals surface area (Å²) in [6.07, 6.45) is 0. The van der Waals surface area contributed by atoms with Gasteiger partial charge in [0, 0.05) is 5.54 Å². The smallest absolute Gasteiger partial charge is 0.272 e. The van der Waals surface area contributed by atoms with Crippen molar-refractivity contribution in [3.63, 3.8) is 0 Å². The van der Waals surface area contributed by atoms with Crippen molar-refractivity contribution >= 4 is 40.6 Å². The van der Waals surface area contributed by atoms with Gasteiger partial charge in [0.1, 0.15) is 16.7 Å². The van der Waals surface area contributed by atoms with Crippen LogP contribution >= 0.6 is 11.5 Å². The Hall–Kier alpha value is -3.14. The van der Waals surface area contributed by atoms with E-state index in [9.17, 15) is 14.4 Å². The Balaban J connectivity index is 2.58. The molecule has 1 aromatic heterocycles. The first-order chi connectivity index (χ1) is 14.0. The van der Waals surface area contributed by atoms with E-state index in [0.717, 1.165) is 11.5 Å². The Labute approximate surface area is 179 Å². The molecule has 1 unspecified atom stereocenters. The van der Waals surface area contributed by atoms with Crippen molar-refractivity contribution in [3.8, 4) is 5.75 Å². The van der Waals surface area contributed by atoms with Crippen LogP contribution in [0.3, 0.4) is 0 Å². The van der Waals surface area contributed by atoms with Crippen molar-refractivity contribution in [2.45, 2.75) is 46.2 Å². The van der Waals surface area contributed by atoms with Crippen molar-refractivity contribution in [2.24, 2.45) is 5.73 Å². The molecule has 3 amide bonds. The standard InChI is InChI=1S/C20H27N5O4S/c1-6-29-13-10-8-7-9-12(13)25(11(2)18(27)23-20(3,4)5)19(28)16-14(21)15(17(22)26)24-30-16/h7-11H,6,21H2,1-5H3,(H2,22,26)(H,23,27). The number of carbonyl (C=O) groups excluding carboxylic acids is 3. The number of amides is 3. The summed E-state index contributed by atoms with van der Waals surface area (Å²) in [6, 6.07) is 5.98. The molecule has 1 aromatic carbocycles. The predicted molar refractivity (Wildman–Crippen MR) is 117 cm³/mol. The molecule has 2 rings (SSSR count). The molecule has 9 nitrogen and oxygen atoms in total. The molecule has 0 aliphatic heterocycles. The maximum Gasteiger partial charge on any atom is 0.272 e. The quantitative estimate of drug-likeness (QED) is 0.611. The molecule has 0 fully saturated rings. The topological polar surface area (TPSA) is 141 Å². The Morgan fingerprint density at radius 1 is 1.27 bits per heavy atom. The van der Waals surface area contributed by atoms with Crippen molar-refractivity contribution < 1.29 is 19.1 Å². The molecule has 10 heteroatoms. The Kier molecular flexibility index (Phi) is 7.04. The minimum atomic E-state index is -0.906. The van der Waals surface area contributed by atoms with Gasteiger partial charge >= 0.3 is 0 Å². The van der Waals surface area contributed by atoms with Gasteiger partial charge in [-0.2, -0.15) is 4.37 Å². The lowest BCUT2D eigenvalue weighted by Crippen LogP contribution is -2.53. The molecule has 1 heterocycles. The van der Waals surface area contributed by atoms with Crippen LogP contribution < -0.4 is 26.4 Å². The summed E-state index contributed by atoms with van der Waals surface area (Å²) in [7, 11) is 0. The first kappa shape index (κ1) is 23.1. The number of nitrogens with zero attached hydrogens (tertiary/aromatic N) is 2. The third kappa shape index (κ3) is 5.07. The second-order valence-corrected chi connectivity index (χ2v) is 8.40. The predicted octanol–water partition coefficient (Wildman–Crippen LogP) is 2.17. The van der Waals surface area contributed by atoms with Crippen LogP contribution in [-0.4, -0.2) is 40.3 Å². The molecule has 1 atom stereocenters. The fourth-order valence-electron chi connectivity index (χ4n) is 2.76. The molecule has 2 aromatic rings. The van der Waals surface area contributed by atoms with E-state index in [4.69, 9.17) is 16.2 Å². The van der Waals surface area contributed by atoms with Crippen molar-refractivity contribution in [3.05, 3.63) is 34.8 Å². The van der Waals surface area contributed by atoms with Gasteiger partial charge in [0.05, 0.1) is 18.0 Å². The van der Waals surface area contributed by atoms with Gasteiger partial charge < -0.3 is 21.5 Å². The molecule has 0 saturated heterocycles. The highest BCUT2D eigenvalue weighted by Crippen LogP contribution is 2.33. The number of rotatable bonds is 7. The van der Waals surface area contributed by atoms with E-state index in [1.165, 1.54) is 4.90 Å². The average Bonchev–Trinajstić information content (AvgIpc) is 3.03. The lowest BCUT2D eigenvalue weighted by atomic mass is 10.1. The minimum Gasteiger partial charge on any atom is -0.492 e. The van der Waals surface area contributed by atoms with Gasteiger partial charge in [-0.1, -0.05) is 12.1 Å². The molecule has 0 saturated carbocycles. The summed E-state index contributed by atoms with van der Waals surface area (Å²) in [5.74, 6) is -1.34. The normalized spacial score (nSPS) is 12.2. The average molecular weight is 434 g/mol. The molecular weight excluding hydrogens is 406 g/mol. The molecule has 0 aliphatic carbocycles. The molecule has 0 aliphatic rings. The molecule has 0 radical (unpaired) electrons. The number of primary amides is 1. The van der Waals surface area contributed by atoms with Crippen LogP contribution in [0.5, 0.6) is 5.75 Å². The van der Waals surface area contributed by atoms with E-state index in [2.05, 4.69) is 9.69 Å². The van der Waals surface area contributed by atoms with E-state index in [-0.39, 0.29) is 22.2 Å². The summed E-state index contributed by atoms with van der Waals surface area (Å²) in [5, 5.41) is 2.87. The molecular formula is C20H27N5O4S. The third-order valence-electron chi connectivity index (χ3n) is 4.06. The number of nitrogens with one attached hydrogen (secondary N) is 1. The van der Waals surface area contributed by atoms with Crippen LogP contribution in [-0.2, 0) is 4.79 Å². The zero-order chi connectivity index (χ0) is 22.6. The van der Waals surface area contributed by atoms with Crippen LogP contribution in [0, 0.1) is 0 Å². The van der Waals surface area contributed by atoms with E-state index in [0.29, 0.717) is 18.0 Å². The van der Waals surface area contributed by atoms with Crippen LogP contribution in [0.2, 0.25) is 0 Å². The summed E-state index contributed by atoms with van der Waals surface area (Å²) >= 11 is 0.758.